The number of hydrogen-bond donors (Lipinski definition) is 0. The van der Waals surface area contributed by atoms with Gasteiger partial charge in [-0.15, -0.1) is 0 Å². The lowest BCUT2D eigenvalue weighted by atomic mass is 9.56. The molecular weight excluding hydrogens is 240 g/mol. The Kier molecular flexibility index (Phi) is 2.56. The van der Waals surface area contributed by atoms with Crippen molar-refractivity contribution < 1.29 is 0 Å². The zero-order valence-electron chi connectivity index (χ0n) is 14.3. The van der Waals surface area contributed by atoms with Crippen molar-refractivity contribution in [2.75, 3.05) is 0 Å². The van der Waals surface area contributed by atoms with Crippen LogP contribution in [0.25, 0.3) is 0 Å². The van der Waals surface area contributed by atoms with Crippen molar-refractivity contribution in [1.82, 2.24) is 0 Å². The third-order valence-electron chi connectivity index (χ3n) is 8.55. The molecule has 20 heavy (non-hydrogen) atoms. The van der Waals surface area contributed by atoms with Crippen molar-refractivity contribution in [1.29, 1.82) is 0 Å². The molecule has 0 unspecified atom stereocenters. The van der Waals surface area contributed by atoms with Crippen molar-refractivity contribution >= 4 is 0 Å². The van der Waals surface area contributed by atoms with Crippen molar-refractivity contribution in [3.63, 3.8) is 0 Å². The van der Waals surface area contributed by atoms with Crippen molar-refractivity contribution in [3.05, 3.63) is 5.92 Å². The number of rotatable bonds is 0. The number of hydrogen-bond acceptors (Lipinski definition) is 0. The van der Waals surface area contributed by atoms with Gasteiger partial charge >= 0.3 is 0 Å². The molecule has 4 aliphatic carbocycles. The van der Waals surface area contributed by atoms with E-state index >= 15 is 0 Å². The second-order valence-corrected chi connectivity index (χ2v) is 10.0. The molecule has 0 heterocycles. The predicted octanol–water partition coefficient (Wildman–Crippen LogP) is 5.87. The first kappa shape index (κ1) is 13.5. The van der Waals surface area contributed by atoms with Crippen LogP contribution in [0.15, 0.2) is 0 Å². The highest BCUT2D eigenvalue weighted by atomic mass is 14.7. The van der Waals surface area contributed by atoms with Crippen molar-refractivity contribution in [2.45, 2.75) is 79.6 Å². The minimum absolute atomic E-state index is 0.603. The van der Waals surface area contributed by atoms with Crippen molar-refractivity contribution in [3.8, 4) is 0 Å². The maximum Gasteiger partial charge on any atom is 0.111 e. The number of fused-ring (bicyclic) bond motifs is 5. The SMILES string of the molecule is C[C@@H]1CC[C@@]2(C)[C+]1CC[C@H]1[C@@H]3C(C)(C)CC[C@]3(C)C[C@H]12. The molecule has 0 nitrogen and oxygen atoms in total. The first-order valence-corrected chi connectivity index (χ1v) is 9.14. The van der Waals surface area contributed by atoms with Gasteiger partial charge in [-0.25, -0.2) is 0 Å². The van der Waals surface area contributed by atoms with Crippen LogP contribution in [0, 0.1) is 45.8 Å². The van der Waals surface area contributed by atoms with E-state index in [1.54, 1.807) is 6.42 Å². The fraction of sp³-hybridized carbons (Fsp3) is 0.950. The lowest BCUT2D eigenvalue weighted by Crippen LogP contribution is -2.41. The van der Waals surface area contributed by atoms with E-state index in [1.165, 1.54) is 38.5 Å². The van der Waals surface area contributed by atoms with Gasteiger partial charge < -0.3 is 0 Å². The zero-order valence-corrected chi connectivity index (χ0v) is 14.3. The Bertz CT molecular complexity index is 422. The molecule has 0 amide bonds. The molecule has 0 saturated heterocycles. The van der Waals surface area contributed by atoms with Crippen LogP contribution < -0.4 is 0 Å². The second-order valence-electron chi connectivity index (χ2n) is 10.0. The standard InChI is InChI=1S/C20H33/c1-13-8-9-20(5)15(13)7-6-14-16(20)12-19(4)11-10-18(2,3)17(14)19/h13-14,16-17H,6-12H2,1-5H3/q+1/t13-,14-,16-,17-,19-,20+/m1/s1. The van der Waals surface area contributed by atoms with Gasteiger partial charge in [-0.05, 0) is 75.0 Å². The van der Waals surface area contributed by atoms with Crippen molar-refractivity contribution in [2.24, 2.45) is 39.9 Å². The average molecular weight is 273 g/mol. The minimum Gasteiger partial charge on any atom is -0.0596 e. The fourth-order valence-corrected chi connectivity index (χ4v) is 7.83. The Balaban J connectivity index is 1.72. The van der Waals surface area contributed by atoms with E-state index in [1.807, 2.05) is 5.92 Å². The van der Waals surface area contributed by atoms with Crippen LogP contribution >= 0.6 is 0 Å². The van der Waals surface area contributed by atoms with E-state index in [2.05, 4.69) is 34.6 Å². The lowest BCUT2D eigenvalue weighted by Gasteiger charge is -2.43. The molecule has 0 radical (unpaired) electrons. The maximum atomic E-state index is 2.65. The Labute approximate surface area is 126 Å². The van der Waals surface area contributed by atoms with Crippen LogP contribution in [-0.4, -0.2) is 0 Å². The Morgan fingerprint density at radius 1 is 0.950 bits per heavy atom. The van der Waals surface area contributed by atoms with Gasteiger partial charge in [0.25, 0.3) is 0 Å². The molecule has 0 aromatic carbocycles. The van der Waals surface area contributed by atoms with Crippen LogP contribution in [0.2, 0.25) is 0 Å². The van der Waals surface area contributed by atoms with Gasteiger partial charge in [0, 0.05) is 5.92 Å². The molecule has 4 saturated carbocycles. The van der Waals surface area contributed by atoms with Gasteiger partial charge in [0.15, 0.2) is 0 Å². The minimum atomic E-state index is 0.603. The topological polar surface area (TPSA) is 0 Å². The molecule has 6 atom stereocenters. The summed E-state index contributed by atoms with van der Waals surface area (Å²) in [6, 6.07) is 0. The van der Waals surface area contributed by atoms with Gasteiger partial charge in [-0.1, -0.05) is 20.8 Å². The molecule has 112 valence electrons. The smallest absolute Gasteiger partial charge is 0.0596 e. The van der Waals surface area contributed by atoms with E-state index in [0.717, 1.165) is 23.7 Å². The molecule has 0 bridgehead atoms. The van der Waals surface area contributed by atoms with E-state index in [4.69, 9.17) is 0 Å². The molecule has 0 spiro atoms. The summed E-state index contributed by atoms with van der Waals surface area (Å²) >= 11 is 0. The Morgan fingerprint density at radius 3 is 2.45 bits per heavy atom. The monoisotopic (exact) mass is 273 g/mol. The van der Waals surface area contributed by atoms with E-state index in [9.17, 15) is 0 Å². The summed E-state index contributed by atoms with van der Waals surface area (Å²) in [7, 11) is 0. The molecule has 4 fully saturated rings. The molecular formula is C20H33+. The highest BCUT2D eigenvalue weighted by molar-refractivity contribution is 5.23. The third kappa shape index (κ3) is 1.47. The van der Waals surface area contributed by atoms with Crippen LogP contribution in [0.3, 0.4) is 0 Å². The Hall–Kier alpha value is -0.130. The van der Waals surface area contributed by atoms with Crippen LogP contribution in [0.4, 0.5) is 0 Å². The average Bonchev–Trinajstić information content (AvgIpc) is 2.91. The van der Waals surface area contributed by atoms with Crippen LogP contribution in [0.1, 0.15) is 79.6 Å². The van der Waals surface area contributed by atoms with Gasteiger partial charge in [0.05, 0.1) is 18.3 Å². The summed E-state index contributed by atoms with van der Waals surface area (Å²) in [5, 5.41) is 0. The highest BCUT2D eigenvalue weighted by Crippen LogP contribution is 2.74. The van der Waals surface area contributed by atoms with E-state index in [-0.39, 0.29) is 0 Å². The van der Waals surface area contributed by atoms with Gasteiger partial charge in [-0.2, -0.15) is 0 Å². The normalized spacial score (nSPS) is 56.5. The van der Waals surface area contributed by atoms with Crippen LogP contribution in [-0.2, 0) is 0 Å². The molecule has 0 aromatic heterocycles. The van der Waals surface area contributed by atoms with Gasteiger partial charge in [-0.3, -0.25) is 0 Å². The summed E-state index contributed by atoms with van der Waals surface area (Å²) in [6.07, 6.45) is 10.5. The molecule has 4 aliphatic rings. The van der Waals surface area contributed by atoms with E-state index < -0.39 is 0 Å². The fourth-order valence-electron chi connectivity index (χ4n) is 7.83. The largest absolute Gasteiger partial charge is 0.111 e. The highest BCUT2D eigenvalue weighted by Gasteiger charge is 2.70. The summed E-state index contributed by atoms with van der Waals surface area (Å²) in [5.74, 6) is 5.96. The van der Waals surface area contributed by atoms with Crippen LogP contribution in [0.5, 0.6) is 0 Å². The Morgan fingerprint density at radius 2 is 1.70 bits per heavy atom. The molecule has 0 N–H and O–H groups in total. The predicted molar refractivity (Wildman–Crippen MR) is 85.2 cm³/mol. The van der Waals surface area contributed by atoms with Gasteiger partial charge in [0.2, 0.25) is 0 Å². The second kappa shape index (κ2) is 3.79. The maximum absolute atomic E-state index is 2.65. The summed E-state index contributed by atoms with van der Waals surface area (Å²) in [4.78, 5) is 0. The summed E-state index contributed by atoms with van der Waals surface area (Å²) in [5.41, 5.74) is 1.89. The first-order chi connectivity index (χ1) is 9.28. The zero-order chi connectivity index (χ0) is 14.3. The molecule has 4 rings (SSSR count). The summed E-state index contributed by atoms with van der Waals surface area (Å²) < 4.78 is 0. The summed E-state index contributed by atoms with van der Waals surface area (Å²) in [6.45, 7) is 12.9. The first-order valence-electron chi connectivity index (χ1n) is 9.14. The van der Waals surface area contributed by atoms with Gasteiger partial charge in [0.1, 0.15) is 5.41 Å². The molecule has 0 aliphatic heterocycles. The lowest BCUT2D eigenvalue weighted by molar-refractivity contribution is 0.0577. The van der Waals surface area contributed by atoms with E-state index in [0.29, 0.717) is 16.2 Å². The molecule has 0 heteroatoms. The quantitative estimate of drug-likeness (QED) is 0.484. The molecule has 0 aromatic rings. The third-order valence-corrected chi connectivity index (χ3v) is 8.55.